The largest absolute Gasteiger partial charge is 0.255 e. The fourth-order valence-corrected chi connectivity index (χ4v) is 7.99. The highest BCUT2D eigenvalue weighted by Gasteiger charge is 2.43. The minimum Gasteiger partial charge on any atom is -0.255 e. The van der Waals surface area contributed by atoms with Gasteiger partial charge in [-0.2, -0.15) is 0 Å². The number of rotatable bonds is 2. The van der Waals surface area contributed by atoms with Crippen LogP contribution in [-0.4, -0.2) is 4.98 Å². The van der Waals surface area contributed by atoms with Crippen LogP contribution in [0.25, 0.3) is 42.2 Å². The second kappa shape index (κ2) is 6.90. The van der Waals surface area contributed by atoms with Crippen LogP contribution in [0.1, 0.15) is 70.6 Å². The van der Waals surface area contributed by atoms with Crippen LogP contribution in [0.5, 0.6) is 0 Å². The predicted molar refractivity (Wildman–Crippen MR) is 145 cm³/mol. The molecule has 33 heavy (non-hydrogen) atoms. The summed E-state index contributed by atoms with van der Waals surface area (Å²) in [5.74, 6) is 0.461. The van der Waals surface area contributed by atoms with Crippen LogP contribution in [0, 0.1) is 0 Å². The van der Waals surface area contributed by atoms with Gasteiger partial charge in [0.15, 0.2) is 0 Å². The zero-order chi connectivity index (χ0) is 23.1. The quantitative estimate of drug-likeness (QED) is 0.261. The van der Waals surface area contributed by atoms with Gasteiger partial charge in [0.25, 0.3) is 0 Å². The lowest BCUT2D eigenvalue weighted by atomic mass is 9.82. The minimum absolute atomic E-state index is 0.181. The van der Waals surface area contributed by atoms with Gasteiger partial charge in [0.1, 0.15) is 0 Å². The van der Waals surface area contributed by atoms with E-state index in [4.69, 9.17) is 4.98 Å². The van der Waals surface area contributed by atoms with E-state index in [1.807, 2.05) is 17.5 Å². The minimum atomic E-state index is 0.181. The monoisotopic (exact) mass is 449 g/mol. The third kappa shape index (κ3) is 3.00. The molecular weight excluding hydrogens is 418 g/mol. The van der Waals surface area contributed by atoms with Gasteiger partial charge in [-0.05, 0) is 68.8 Å². The average Bonchev–Trinajstić information content (AvgIpc) is 3.23. The van der Waals surface area contributed by atoms with Gasteiger partial charge in [0, 0.05) is 27.2 Å². The first-order valence-corrected chi connectivity index (χ1v) is 12.9. The summed E-state index contributed by atoms with van der Waals surface area (Å²) in [7, 11) is 0. The van der Waals surface area contributed by atoms with E-state index in [9.17, 15) is 0 Å². The Labute approximate surface area is 200 Å². The van der Waals surface area contributed by atoms with E-state index in [0.717, 1.165) is 5.69 Å². The second-order valence-corrected chi connectivity index (χ2v) is 12.4. The molecule has 5 aromatic rings. The van der Waals surface area contributed by atoms with E-state index in [1.165, 1.54) is 54.1 Å². The highest BCUT2D eigenvalue weighted by Crippen LogP contribution is 2.54. The van der Waals surface area contributed by atoms with E-state index >= 15 is 0 Å². The van der Waals surface area contributed by atoms with Crippen LogP contribution < -0.4 is 0 Å². The smallest absolute Gasteiger partial charge is 0.0880 e. The van der Waals surface area contributed by atoms with Crippen LogP contribution in [0.2, 0.25) is 0 Å². The molecule has 0 fully saturated rings. The maximum atomic E-state index is 4.95. The molecule has 2 heteroatoms. The van der Waals surface area contributed by atoms with Gasteiger partial charge in [-0.15, -0.1) is 11.3 Å². The van der Waals surface area contributed by atoms with Crippen molar-refractivity contribution >= 4 is 42.3 Å². The molecule has 0 radical (unpaired) electrons. The topological polar surface area (TPSA) is 12.9 Å². The maximum Gasteiger partial charge on any atom is 0.0880 e. The Kier molecular flexibility index (Phi) is 4.36. The maximum absolute atomic E-state index is 4.95. The molecule has 0 N–H and O–H groups in total. The first kappa shape index (κ1) is 20.9. The molecule has 0 amide bonds. The van der Waals surface area contributed by atoms with E-state index in [2.05, 4.69) is 96.1 Å². The van der Waals surface area contributed by atoms with Crippen molar-refractivity contribution in [1.29, 1.82) is 0 Å². The molecule has 2 aromatic heterocycles. The van der Waals surface area contributed by atoms with E-state index in [0.29, 0.717) is 5.92 Å². The lowest BCUT2D eigenvalue weighted by Crippen LogP contribution is -2.18. The van der Waals surface area contributed by atoms with E-state index in [-0.39, 0.29) is 10.8 Å². The zero-order valence-corrected chi connectivity index (χ0v) is 21.2. The molecule has 0 saturated carbocycles. The number of pyridine rings is 1. The van der Waals surface area contributed by atoms with Crippen molar-refractivity contribution in [3.63, 3.8) is 0 Å². The molecule has 0 unspecified atom stereocenters. The van der Waals surface area contributed by atoms with Crippen LogP contribution in [0.3, 0.4) is 0 Å². The summed E-state index contributed by atoms with van der Waals surface area (Å²) in [6, 6.07) is 20.4. The summed E-state index contributed by atoms with van der Waals surface area (Å²) in [6.45, 7) is 14.2. The first-order chi connectivity index (χ1) is 15.7. The number of fused-ring (bicyclic) bond motifs is 6. The van der Waals surface area contributed by atoms with Crippen molar-refractivity contribution in [3.8, 4) is 11.3 Å². The fourth-order valence-electron chi connectivity index (χ4n) is 6.45. The number of hydrogen-bond donors (Lipinski definition) is 0. The van der Waals surface area contributed by atoms with Crippen LogP contribution in [0.15, 0.2) is 60.8 Å². The molecule has 1 aliphatic rings. The Morgan fingerprint density at radius 3 is 2.36 bits per heavy atom. The Bertz CT molecular complexity index is 1570. The summed E-state index contributed by atoms with van der Waals surface area (Å²) >= 11 is 1.95. The van der Waals surface area contributed by atoms with Crippen molar-refractivity contribution in [2.75, 3.05) is 0 Å². The third-order valence-corrected chi connectivity index (χ3v) is 8.88. The molecule has 2 heterocycles. The van der Waals surface area contributed by atoms with E-state index in [1.54, 1.807) is 5.56 Å². The molecule has 3 aromatic carbocycles. The van der Waals surface area contributed by atoms with Gasteiger partial charge in [-0.3, -0.25) is 4.98 Å². The molecule has 0 spiro atoms. The second-order valence-electron chi connectivity index (χ2n) is 11.4. The molecule has 0 saturated heterocycles. The highest BCUT2D eigenvalue weighted by molar-refractivity contribution is 7.26. The van der Waals surface area contributed by atoms with Crippen molar-refractivity contribution in [3.05, 3.63) is 77.5 Å². The summed E-state index contributed by atoms with van der Waals surface area (Å²) in [5, 5.41) is 5.36. The van der Waals surface area contributed by atoms with Crippen molar-refractivity contribution in [2.24, 2.45) is 0 Å². The number of thiophene rings is 1. The Hall–Kier alpha value is -2.71. The molecule has 0 bridgehead atoms. The Morgan fingerprint density at radius 2 is 1.58 bits per heavy atom. The summed E-state index contributed by atoms with van der Waals surface area (Å²) in [5.41, 5.74) is 7.21. The number of benzene rings is 3. The fraction of sp³-hybridized carbons (Fsp3) is 0.323. The summed E-state index contributed by atoms with van der Waals surface area (Å²) in [4.78, 5) is 4.95. The Morgan fingerprint density at radius 1 is 0.818 bits per heavy atom. The molecule has 1 nitrogen and oxygen atoms in total. The van der Waals surface area contributed by atoms with Gasteiger partial charge in [-0.25, -0.2) is 0 Å². The standard InChI is InChI=1S/C31H31NS/c1-18(2)24-16-20(15-19-9-7-8-10-21(19)24)27-29-23(13-14-32-27)22-11-12-25-26(28(22)33-29)31(5,6)17-30(25,3)4/h7-16,18H,17H2,1-6H3. The van der Waals surface area contributed by atoms with Gasteiger partial charge in [0.2, 0.25) is 0 Å². The molecule has 1 aliphatic carbocycles. The van der Waals surface area contributed by atoms with Gasteiger partial charge in [-0.1, -0.05) is 77.9 Å². The van der Waals surface area contributed by atoms with Crippen molar-refractivity contribution < 1.29 is 0 Å². The first-order valence-electron chi connectivity index (χ1n) is 12.1. The third-order valence-electron chi connectivity index (χ3n) is 7.64. The Balaban J connectivity index is 1.68. The molecule has 0 aliphatic heterocycles. The van der Waals surface area contributed by atoms with Crippen LogP contribution >= 0.6 is 11.3 Å². The molecule has 0 atom stereocenters. The summed E-state index contributed by atoms with van der Waals surface area (Å²) in [6.07, 6.45) is 3.19. The number of hydrogen-bond acceptors (Lipinski definition) is 2. The van der Waals surface area contributed by atoms with Gasteiger partial charge in [0.05, 0.1) is 10.4 Å². The zero-order valence-electron chi connectivity index (χ0n) is 20.4. The number of aromatic nitrogens is 1. The number of nitrogens with zero attached hydrogens (tertiary/aromatic N) is 1. The summed E-state index contributed by atoms with van der Waals surface area (Å²) < 4.78 is 2.77. The van der Waals surface area contributed by atoms with Crippen molar-refractivity contribution in [1.82, 2.24) is 4.98 Å². The van der Waals surface area contributed by atoms with Gasteiger partial charge >= 0.3 is 0 Å². The molecular formula is C31H31NS. The highest BCUT2D eigenvalue weighted by atomic mass is 32.1. The van der Waals surface area contributed by atoms with Crippen LogP contribution in [0.4, 0.5) is 0 Å². The lowest BCUT2D eigenvalue weighted by Gasteiger charge is -2.22. The average molecular weight is 450 g/mol. The molecule has 166 valence electrons. The lowest BCUT2D eigenvalue weighted by molar-refractivity contribution is 0.404. The molecule has 6 rings (SSSR count). The normalized spacial score (nSPS) is 16.8. The SMILES string of the molecule is CC(C)c1cc(-c2nccc3c2sc2c4c(ccc23)C(C)(C)CC4(C)C)cc2ccccc12. The van der Waals surface area contributed by atoms with Crippen LogP contribution in [-0.2, 0) is 10.8 Å². The van der Waals surface area contributed by atoms with Gasteiger partial charge < -0.3 is 0 Å². The van der Waals surface area contributed by atoms with E-state index < -0.39 is 0 Å². The predicted octanol–water partition coefficient (Wildman–Crippen LogP) is 9.35. The van der Waals surface area contributed by atoms with Crippen molar-refractivity contribution in [2.45, 2.75) is 64.7 Å².